The van der Waals surface area contributed by atoms with Crippen molar-refractivity contribution in [2.24, 2.45) is 0 Å². The molecule has 0 unspecified atom stereocenters. The predicted molar refractivity (Wildman–Crippen MR) is 82.5 cm³/mol. The van der Waals surface area contributed by atoms with E-state index < -0.39 is 0 Å². The zero-order valence-electron chi connectivity index (χ0n) is 9.80. The molecule has 2 aromatic carbocycles. The van der Waals surface area contributed by atoms with Crippen LogP contribution in [0, 0.1) is 5.82 Å². The Morgan fingerprint density at radius 2 is 1.95 bits per heavy atom. The summed E-state index contributed by atoms with van der Waals surface area (Å²) in [5.41, 5.74) is 1.78. The van der Waals surface area contributed by atoms with Gasteiger partial charge >= 0.3 is 0 Å². The summed E-state index contributed by atoms with van der Waals surface area (Å²) in [6.07, 6.45) is 0. The Bertz CT molecular complexity index is 590. The van der Waals surface area contributed by atoms with Crippen molar-refractivity contribution in [3.63, 3.8) is 0 Å². The standard InChI is InChI=1S/C14H10Br2ClFO/c15-7-9-2-1-3-12(16)14(9)19-8-10-4-5-11(18)6-13(10)17/h1-6H,7-8H2. The molecule has 1 nitrogen and oxygen atoms in total. The van der Waals surface area contributed by atoms with E-state index in [1.165, 1.54) is 12.1 Å². The summed E-state index contributed by atoms with van der Waals surface area (Å²) in [5.74, 6) is 0.413. The minimum atomic E-state index is -0.351. The van der Waals surface area contributed by atoms with E-state index in [4.69, 9.17) is 16.3 Å². The van der Waals surface area contributed by atoms with Crippen molar-refractivity contribution < 1.29 is 9.13 Å². The minimum absolute atomic E-state index is 0.293. The van der Waals surface area contributed by atoms with Crippen LogP contribution in [0.1, 0.15) is 11.1 Å². The molecule has 0 spiro atoms. The SMILES string of the molecule is Fc1ccc(COc2c(Br)cccc2CBr)c(Cl)c1. The van der Waals surface area contributed by atoms with E-state index in [9.17, 15) is 4.39 Å². The third-order valence-electron chi connectivity index (χ3n) is 2.58. The van der Waals surface area contributed by atoms with Gasteiger partial charge in [-0.15, -0.1) is 0 Å². The van der Waals surface area contributed by atoms with E-state index in [-0.39, 0.29) is 5.82 Å². The van der Waals surface area contributed by atoms with E-state index in [1.54, 1.807) is 6.07 Å². The lowest BCUT2D eigenvalue weighted by molar-refractivity contribution is 0.302. The Balaban J connectivity index is 2.19. The van der Waals surface area contributed by atoms with Crippen LogP contribution in [0.3, 0.4) is 0 Å². The number of rotatable bonds is 4. The van der Waals surface area contributed by atoms with Crippen LogP contribution in [0.4, 0.5) is 4.39 Å². The fourth-order valence-corrected chi connectivity index (χ4v) is 2.79. The second-order valence-electron chi connectivity index (χ2n) is 3.89. The summed E-state index contributed by atoms with van der Waals surface area (Å²) in [6.45, 7) is 0.293. The van der Waals surface area contributed by atoms with E-state index >= 15 is 0 Å². The first kappa shape index (κ1) is 14.8. The Kier molecular flexibility index (Phi) is 5.25. The summed E-state index contributed by atoms with van der Waals surface area (Å²) in [7, 11) is 0. The number of ether oxygens (including phenoxy) is 1. The van der Waals surface area contributed by atoms with Gasteiger partial charge in [0.1, 0.15) is 18.2 Å². The van der Waals surface area contributed by atoms with Gasteiger partial charge < -0.3 is 4.74 Å². The molecule has 0 fully saturated rings. The molecular weight excluding hydrogens is 398 g/mol. The highest BCUT2D eigenvalue weighted by Crippen LogP contribution is 2.31. The van der Waals surface area contributed by atoms with E-state index in [1.807, 2.05) is 18.2 Å². The molecule has 0 N–H and O–H groups in total. The Labute approximate surface area is 133 Å². The molecule has 0 saturated carbocycles. The molecular formula is C14H10Br2ClFO. The van der Waals surface area contributed by atoms with Gasteiger partial charge in [-0.1, -0.05) is 45.7 Å². The van der Waals surface area contributed by atoms with Gasteiger partial charge in [-0.25, -0.2) is 4.39 Å². The number of para-hydroxylation sites is 1. The maximum Gasteiger partial charge on any atom is 0.138 e. The average molecular weight is 408 g/mol. The summed E-state index contributed by atoms with van der Waals surface area (Å²) in [4.78, 5) is 0. The van der Waals surface area contributed by atoms with Crippen molar-refractivity contribution in [2.45, 2.75) is 11.9 Å². The zero-order valence-corrected chi connectivity index (χ0v) is 13.7. The fourth-order valence-electron chi connectivity index (χ4n) is 1.61. The minimum Gasteiger partial charge on any atom is -0.487 e. The lowest BCUT2D eigenvalue weighted by atomic mass is 10.2. The van der Waals surface area contributed by atoms with Gasteiger partial charge in [0.25, 0.3) is 0 Å². The molecule has 5 heteroatoms. The monoisotopic (exact) mass is 406 g/mol. The molecule has 0 amide bonds. The lowest BCUT2D eigenvalue weighted by Gasteiger charge is -2.12. The van der Waals surface area contributed by atoms with E-state index in [0.29, 0.717) is 17.0 Å². The van der Waals surface area contributed by atoms with Crippen LogP contribution in [-0.2, 0) is 11.9 Å². The predicted octanol–water partition coefficient (Wildman–Crippen LogP) is 5.72. The van der Waals surface area contributed by atoms with Crippen molar-refractivity contribution in [3.05, 3.63) is 62.8 Å². The third-order valence-corrected chi connectivity index (χ3v) is 4.16. The molecule has 0 aromatic heterocycles. The second kappa shape index (κ2) is 6.73. The van der Waals surface area contributed by atoms with Crippen molar-refractivity contribution in [2.75, 3.05) is 0 Å². The molecule has 0 bridgehead atoms. The van der Waals surface area contributed by atoms with Crippen LogP contribution in [0.25, 0.3) is 0 Å². The molecule has 0 aliphatic rings. The molecule has 0 saturated heterocycles. The molecule has 0 radical (unpaired) electrons. The molecule has 0 aliphatic carbocycles. The summed E-state index contributed by atoms with van der Waals surface area (Å²) >= 11 is 12.8. The van der Waals surface area contributed by atoms with Crippen molar-refractivity contribution in [3.8, 4) is 5.75 Å². The molecule has 2 rings (SSSR count). The van der Waals surface area contributed by atoms with Gasteiger partial charge in [0.2, 0.25) is 0 Å². The Morgan fingerprint density at radius 3 is 2.63 bits per heavy atom. The fraction of sp³-hybridized carbons (Fsp3) is 0.143. The average Bonchev–Trinajstić information content (AvgIpc) is 2.39. The van der Waals surface area contributed by atoms with Crippen LogP contribution < -0.4 is 4.74 Å². The van der Waals surface area contributed by atoms with Crippen LogP contribution in [0.15, 0.2) is 40.9 Å². The highest BCUT2D eigenvalue weighted by Gasteiger charge is 2.09. The number of halogens is 4. The topological polar surface area (TPSA) is 9.23 Å². The quantitative estimate of drug-likeness (QED) is 0.589. The molecule has 100 valence electrons. The maximum atomic E-state index is 13.0. The first-order chi connectivity index (χ1) is 9.11. The number of benzene rings is 2. The molecule has 0 atom stereocenters. The Hall–Kier alpha value is -0.580. The first-order valence-electron chi connectivity index (χ1n) is 5.52. The van der Waals surface area contributed by atoms with Gasteiger partial charge in [-0.05, 0) is 34.1 Å². The second-order valence-corrected chi connectivity index (χ2v) is 5.71. The van der Waals surface area contributed by atoms with Crippen LogP contribution in [-0.4, -0.2) is 0 Å². The van der Waals surface area contributed by atoms with Gasteiger partial charge in [0, 0.05) is 16.5 Å². The molecule has 0 aliphatic heterocycles. The number of hydrogen-bond donors (Lipinski definition) is 0. The first-order valence-corrected chi connectivity index (χ1v) is 7.81. The molecule has 0 heterocycles. The normalized spacial score (nSPS) is 10.5. The number of alkyl halides is 1. The zero-order chi connectivity index (χ0) is 13.8. The van der Waals surface area contributed by atoms with Crippen LogP contribution >= 0.6 is 43.5 Å². The van der Waals surface area contributed by atoms with Gasteiger partial charge in [0.15, 0.2) is 0 Å². The third kappa shape index (κ3) is 3.71. The summed E-state index contributed by atoms with van der Waals surface area (Å²) < 4.78 is 19.6. The van der Waals surface area contributed by atoms with E-state index in [2.05, 4.69) is 31.9 Å². The Morgan fingerprint density at radius 1 is 1.16 bits per heavy atom. The van der Waals surface area contributed by atoms with Crippen molar-refractivity contribution in [1.29, 1.82) is 0 Å². The highest BCUT2D eigenvalue weighted by molar-refractivity contribution is 9.10. The summed E-state index contributed by atoms with van der Waals surface area (Å²) in [6, 6.07) is 10.1. The highest BCUT2D eigenvalue weighted by atomic mass is 79.9. The lowest BCUT2D eigenvalue weighted by Crippen LogP contribution is -1.99. The van der Waals surface area contributed by atoms with E-state index in [0.717, 1.165) is 21.3 Å². The van der Waals surface area contributed by atoms with Crippen molar-refractivity contribution >= 4 is 43.5 Å². The largest absolute Gasteiger partial charge is 0.487 e. The summed E-state index contributed by atoms with van der Waals surface area (Å²) in [5, 5.41) is 1.06. The molecule has 2 aromatic rings. The van der Waals surface area contributed by atoms with Crippen LogP contribution in [0.5, 0.6) is 5.75 Å². The van der Waals surface area contributed by atoms with Crippen LogP contribution in [0.2, 0.25) is 5.02 Å². The van der Waals surface area contributed by atoms with Gasteiger partial charge in [-0.2, -0.15) is 0 Å². The number of hydrogen-bond acceptors (Lipinski definition) is 1. The van der Waals surface area contributed by atoms with Gasteiger partial charge in [-0.3, -0.25) is 0 Å². The van der Waals surface area contributed by atoms with Crippen molar-refractivity contribution in [1.82, 2.24) is 0 Å². The maximum absolute atomic E-state index is 13.0. The van der Waals surface area contributed by atoms with Gasteiger partial charge in [0.05, 0.1) is 9.50 Å². The smallest absolute Gasteiger partial charge is 0.138 e. The molecule has 19 heavy (non-hydrogen) atoms.